The van der Waals surface area contributed by atoms with E-state index >= 15 is 0 Å². The van der Waals surface area contributed by atoms with E-state index < -0.39 is 0 Å². The lowest BCUT2D eigenvalue weighted by atomic mass is 10.1. The van der Waals surface area contributed by atoms with Crippen LogP contribution in [0.5, 0.6) is 0 Å². The summed E-state index contributed by atoms with van der Waals surface area (Å²) in [6.07, 6.45) is 1.06. The number of carbonyl (C=O) groups excluding carboxylic acids is 2. The molecule has 2 rings (SSSR count). The van der Waals surface area contributed by atoms with Gasteiger partial charge in [-0.25, -0.2) is 0 Å². The summed E-state index contributed by atoms with van der Waals surface area (Å²) in [5.41, 5.74) is 6.24. The number of thiophene rings is 1. The monoisotopic (exact) mass is 306 g/mol. The lowest BCUT2D eigenvalue weighted by Crippen LogP contribution is -2.31. The molecule has 1 aromatic heterocycles. The van der Waals surface area contributed by atoms with Crippen molar-refractivity contribution >= 4 is 23.2 Å². The lowest BCUT2D eigenvalue weighted by molar-refractivity contribution is -0.121. The van der Waals surface area contributed by atoms with Gasteiger partial charge in [-0.15, -0.1) is 11.3 Å². The van der Waals surface area contributed by atoms with Crippen molar-refractivity contribution in [2.24, 2.45) is 11.7 Å². The zero-order chi connectivity index (χ0) is 15.4. The van der Waals surface area contributed by atoms with E-state index in [0.717, 1.165) is 10.4 Å². The summed E-state index contributed by atoms with van der Waals surface area (Å²) >= 11 is 1.35. The molecule has 5 nitrogen and oxygen atoms in total. The first-order chi connectivity index (χ1) is 10.0. The van der Waals surface area contributed by atoms with E-state index in [4.69, 9.17) is 10.8 Å². The average Bonchev–Trinajstić information content (AvgIpc) is 3.06. The Kier molecular flexibility index (Phi) is 4.99. The van der Waals surface area contributed by atoms with Crippen LogP contribution in [0.3, 0.4) is 0 Å². The Balaban J connectivity index is 2.09. The van der Waals surface area contributed by atoms with Crippen LogP contribution < -0.4 is 5.73 Å². The highest BCUT2D eigenvalue weighted by Crippen LogP contribution is 2.25. The number of primary amides is 1. The lowest BCUT2D eigenvalue weighted by Gasteiger charge is -2.14. The molecule has 21 heavy (non-hydrogen) atoms. The van der Waals surface area contributed by atoms with Gasteiger partial charge in [0.15, 0.2) is 0 Å². The van der Waals surface area contributed by atoms with Gasteiger partial charge in [0.05, 0.1) is 22.3 Å². The Labute approximate surface area is 127 Å². The molecule has 1 saturated heterocycles. The molecule has 1 fully saturated rings. The zero-order valence-corrected chi connectivity index (χ0v) is 12.7. The molecule has 1 atom stereocenters. The van der Waals surface area contributed by atoms with Crippen molar-refractivity contribution in [1.82, 2.24) is 4.90 Å². The number of hydrogen-bond donors (Lipinski definition) is 2. The van der Waals surface area contributed by atoms with E-state index in [0.29, 0.717) is 30.8 Å². The highest BCUT2D eigenvalue weighted by Gasteiger charge is 2.30. The molecule has 1 aliphatic heterocycles. The van der Waals surface area contributed by atoms with E-state index in [2.05, 4.69) is 11.8 Å². The van der Waals surface area contributed by atoms with Crippen molar-refractivity contribution in [2.75, 3.05) is 19.7 Å². The molecule has 0 radical (unpaired) electrons. The van der Waals surface area contributed by atoms with Gasteiger partial charge in [0.25, 0.3) is 5.91 Å². The zero-order valence-electron chi connectivity index (χ0n) is 11.9. The van der Waals surface area contributed by atoms with Crippen molar-refractivity contribution in [3.8, 4) is 11.8 Å². The quantitative estimate of drug-likeness (QED) is 0.808. The molecular weight excluding hydrogens is 288 g/mol. The van der Waals surface area contributed by atoms with Crippen LogP contribution in [-0.4, -0.2) is 41.5 Å². The largest absolute Gasteiger partial charge is 0.395 e. The van der Waals surface area contributed by atoms with Crippen molar-refractivity contribution in [3.05, 3.63) is 21.4 Å². The molecule has 6 heteroatoms. The second-order valence-electron chi connectivity index (χ2n) is 5.04. The van der Waals surface area contributed by atoms with Crippen molar-refractivity contribution in [3.63, 3.8) is 0 Å². The number of aryl methyl sites for hydroxylation is 1. The van der Waals surface area contributed by atoms with Crippen molar-refractivity contribution < 1.29 is 14.7 Å². The van der Waals surface area contributed by atoms with Gasteiger partial charge < -0.3 is 15.7 Å². The summed E-state index contributed by atoms with van der Waals surface area (Å²) in [6.45, 7) is 2.91. The van der Waals surface area contributed by atoms with Gasteiger partial charge in [0.2, 0.25) is 5.91 Å². The maximum atomic E-state index is 12.4. The third kappa shape index (κ3) is 3.63. The van der Waals surface area contributed by atoms with Gasteiger partial charge in [-0.05, 0) is 25.0 Å². The van der Waals surface area contributed by atoms with Crippen molar-refractivity contribution in [2.45, 2.75) is 19.8 Å². The minimum atomic E-state index is -0.344. The summed E-state index contributed by atoms with van der Waals surface area (Å²) in [4.78, 5) is 26.7. The molecule has 1 aliphatic rings. The number of carbonyl (C=O) groups is 2. The molecular formula is C15H18N2O3S. The molecule has 0 aromatic carbocycles. The Hall–Kier alpha value is -1.84. The predicted molar refractivity (Wildman–Crippen MR) is 80.8 cm³/mol. The Bertz CT molecular complexity index is 612. The minimum Gasteiger partial charge on any atom is -0.395 e. The fraction of sp³-hybridized carbons (Fsp3) is 0.467. The second kappa shape index (κ2) is 6.74. The van der Waals surface area contributed by atoms with Crippen LogP contribution in [0.25, 0.3) is 0 Å². The van der Waals surface area contributed by atoms with Crippen LogP contribution in [0.15, 0.2) is 6.07 Å². The Morgan fingerprint density at radius 1 is 1.57 bits per heavy atom. The first-order valence-electron chi connectivity index (χ1n) is 6.81. The Morgan fingerprint density at radius 2 is 2.33 bits per heavy atom. The molecule has 2 heterocycles. The maximum Gasteiger partial charge on any atom is 0.263 e. The minimum absolute atomic E-state index is 0.0332. The number of rotatable bonds is 3. The van der Waals surface area contributed by atoms with Crippen LogP contribution in [0.4, 0.5) is 0 Å². The second-order valence-corrected chi connectivity index (χ2v) is 6.09. The third-order valence-corrected chi connectivity index (χ3v) is 4.59. The van der Waals surface area contributed by atoms with Gasteiger partial charge in [-0.3, -0.25) is 9.59 Å². The first-order valence-corrected chi connectivity index (χ1v) is 7.63. The van der Waals surface area contributed by atoms with Crippen LogP contribution in [-0.2, 0) is 4.79 Å². The average molecular weight is 306 g/mol. The molecule has 0 spiro atoms. The van der Waals surface area contributed by atoms with Crippen LogP contribution in [0.1, 0.15) is 33.0 Å². The Morgan fingerprint density at radius 3 is 2.95 bits per heavy atom. The predicted octanol–water partition coefficient (Wildman–Crippen LogP) is 0.738. The highest BCUT2D eigenvalue weighted by atomic mass is 32.1. The SMILES string of the molecule is Cc1cc(C(=O)N2CCC(C(N)=O)C2)sc1C#CCCO. The number of nitrogens with zero attached hydrogens (tertiary/aromatic N) is 1. The number of likely N-dealkylation sites (tertiary alicyclic amines) is 1. The highest BCUT2D eigenvalue weighted by molar-refractivity contribution is 7.14. The number of aliphatic hydroxyl groups is 1. The fourth-order valence-corrected chi connectivity index (χ4v) is 3.26. The molecule has 0 saturated carbocycles. The van der Waals surface area contributed by atoms with Crippen LogP contribution in [0.2, 0.25) is 0 Å². The number of aliphatic hydroxyl groups excluding tert-OH is 1. The normalized spacial score (nSPS) is 17.4. The van der Waals surface area contributed by atoms with Gasteiger partial charge in [-0.1, -0.05) is 11.8 Å². The third-order valence-electron chi connectivity index (χ3n) is 3.45. The summed E-state index contributed by atoms with van der Waals surface area (Å²) in [5.74, 6) is 5.18. The van der Waals surface area contributed by atoms with E-state index in [-0.39, 0.29) is 24.3 Å². The summed E-state index contributed by atoms with van der Waals surface area (Å²) in [6, 6.07) is 1.83. The first kappa shape index (κ1) is 15.5. The molecule has 1 aromatic rings. The summed E-state index contributed by atoms with van der Waals surface area (Å²) < 4.78 is 0. The molecule has 2 amide bonds. The summed E-state index contributed by atoms with van der Waals surface area (Å²) in [5, 5.41) is 8.72. The molecule has 0 bridgehead atoms. The topological polar surface area (TPSA) is 83.6 Å². The smallest absolute Gasteiger partial charge is 0.263 e. The summed E-state index contributed by atoms with van der Waals surface area (Å²) in [7, 11) is 0. The van der Waals surface area contributed by atoms with E-state index in [1.54, 1.807) is 4.90 Å². The standard InChI is InChI=1S/C15H18N2O3S/c1-10-8-13(21-12(10)4-2-3-7-18)15(20)17-6-5-11(9-17)14(16)19/h8,11,18H,3,5-7,9H2,1H3,(H2,16,19). The number of amides is 2. The number of hydrogen-bond acceptors (Lipinski definition) is 4. The fourth-order valence-electron chi connectivity index (χ4n) is 2.24. The van der Waals surface area contributed by atoms with Crippen LogP contribution in [0, 0.1) is 24.7 Å². The van der Waals surface area contributed by atoms with Gasteiger partial charge >= 0.3 is 0 Å². The molecule has 0 aliphatic carbocycles. The van der Waals surface area contributed by atoms with E-state index in [1.165, 1.54) is 11.3 Å². The van der Waals surface area contributed by atoms with Gasteiger partial charge in [0.1, 0.15) is 0 Å². The van der Waals surface area contributed by atoms with Gasteiger partial charge in [0, 0.05) is 19.5 Å². The van der Waals surface area contributed by atoms with E-state index in [1.807, 2.05) is 13.0 Å². The van der Waals surface area contributed by atoms with Crippen molar-refractivity contribution in [1.29, 1.82) is 0 Å². The molecule has 112 valence electrons. The van der Waals surface area contributed by atoms with Crippen LogP contribution >= 0.6 is 11.3 Å². The molecule has 1 unspecified atom stereocenters. The molecule has 3 N–H and O–H groups in total. The van der Waals surface area contributed by atoms with Gasteiger partial charge in [-0.2, -0.15) is 0 Å². The maximum absolute atomic E-state index is 12.4. The number of nitrogens with two attached hydrogens (primary N) is 1. The van der Waals surface area contributed by atoms with E-state index in [9.17, 15) is 9.59 Å².